The summed E-state index contributed by atoms with van der Waals surface area (Å²) in [5.74, 6) is 0.0916. The summed E-state index contributed by atoms with van der Waals surface area (Å²) in [6, 6.07) is 7.90. The highest BCUT2D eigenvalue weighted by atomic mass is 16.5. The van der Waals surface area contributed by atoms with Gasteiger partial charge in [0.15, 0.2) is 0 Å². The molecule has 1 fully saturated rings. The molecule has 1 aliphatic heterocycles. The minimum Gasteiger partial charge on any atom is -0.377 e. The number of aromatic nitrogens is 1. The molecule has 4 heteroatoms. The Morgan fingerprint density at radius 2 is 2.33 bits per heavy atom. The second-order valence-corrected chi connectivity index (χ2v) is 4.70. The van der Waals surface area contributed by atoms with Crippen LogP contribution >= 0.6 is 0 Å². The molecule has 4 nitrogen and oxygen atoms in total. The summed E-state index contributed by atoms with van der Waals surface area (Å²) in [7, 11) is 0. The maximum Gasteiger partial charge on any atom is 0.254 e. The topological polar surface area (TPSA) is 45.3 Å². The maximum atomic E-state index is 12.4. The van der Waals surface area contributed by atoms with Crippen molar-refractivity contribution in [2.75, 3.05) is 19.8 Å². The lowest BCUT2D eigenvalue weighted by Crippen LogP contribution is -2.47. The summed E-state index contributed by atoms with van der Waals surface area (Å²) < 4.78 is 5.36. The average Bonchev–Trinajstić information content (AvgIpc) is 2.85. The van der Waals surface area contributed by atoms with Crippen molar-refractivity contribution in [1.29, 1.82) is 0 Å². The van der Waals surface area contributed by atoms with Crippen molar-refractivity contribution < 1.29 is 9.53 Å². The molecule has 18 heavy (non-hydrogen) atoms. The number of benzene rings is 1. The van der Waals surface area contributed by atoms with Crippen molar-refractivity contribution in [2.24, 2.45) is 0 Å². The Bertz CT molecular complexity index is 576. The highest BCUT2D eigenvalue weighted by Crippen LogP contribution is 2.17. The van der Waals surface area contributed by atoms with E-state index in [0.29, 0.717) is 19.8 Å². The zero-order valence-electron chi connectivity index (χ0n) is 10.3. The second kappa shape index (κ2) is 4.46. The molecule has 0 aliphatic carbocycles. The standard InChI is InChI=1S/C14H16N2O2/c1-10-9-18-7-6-16(10)14(17)12-2-3-13-11(8-12)4-5-15-13/h2-5,8,10,15H,6-7,9H2,1H3. The van der Waals surface area contributed by atoms with Crippen LogP contribution in [-0.4, -0.2) is 41.6 Å². The van der Waals surface area contributed by atoms with Gasteiger partial charge in [-0.1, -0.05) is 0 Å². The van der Waals surface area contributed by atoms with Crippen molar-refractivity contribution >= 4 is 16.8 Å². The van der Waals surface area contributed by atoms with E-state index in [1.54, 1.807) is 0 Å². The van der Waals surface area contributed by atoms with Gasteiger partial charge in [-0.3, -0.25) is 4.79 Å². The van der Waals surface area contributed by atoms with Gasteiger partial charge in [-0.25, -0.2) is 0 Å². The number of nitrogens with one attached hydrogen (secondary N) is 1. The van der Waals surface area contributed by atoms with E-state index in [-0.39, 0.29) is 11.9 Å². The Morgan fingerprint density at radius 3 is 3.17 bits per heavy atom. The molecule has 1 saturated heterocycles. The van der Waals surface area contributed by atoms with Crippen LogP contribution in [0.5, 0.6) is 0 Å². The first-order valence-corrected chi connectivity index (χ1v) is 6.21. The lowest BCUT2D eigenvalue weighted by Gasteiger charge is -2.33. The molecule has 0 radical (unpaired) electrons. The predicted octanol–water partition coefficient (Wildman–Crippen LogP) is 2.03. The second-order valence-electron chi connectivity index (χ2n) is 4.70. The van der Waals surface area contributed by atoms with Gasteiger partial charge in [0.2, 0.25) is 0 Å². The summed E-state index contributed by atoms with van der Waals surface area (Å²) in [5.41, 5.74) is 1.80. The molecule has 0 spiro atoms. The van der Waals surface area contributed by atoms with E-state index in [4.69, 9.17) is 4.74 Å². The first kappa shape index (κ1) is 11.3. The molecular weight excluding hydrogens is 228 g/mol. The van der Waals surface area contributed by atoms with E-state index in [2.05, 4.69) is 4.98 Å². The lowest BCUT2D eigenvalue weighted by molar-refractivity contribution is 0.00360. The Labute approximate surface area is 106 Å². The summed E-state index contributed by atoms with van der Waals surface area (Å²) in [6.07, 6.45) is 1.89. The predicted molar refractivity (Wildman–Crippen MR) is 69.6 cm³/mol. The highest BCUT2D eigenvalue weighted by Gasteiger charge is 2.24. The number of carbonyl (C=O) groups is 1. The van der Waals surface area contributed by atoms with Gasteiger partial charge in [-0.05, 0) is 31.2 Å². The van der Waals surface area contributed by atoms with Gasteiger partial charge in [0.05, 0.1) is 19.3 Å². The summed E-state index contributed by atoms with van der Waals surface area (Å²) in [5, 5.41) is 1.07. The van der Waals surface area contributed by atoms with Crippen molar-refractivity contribution in [2.45, 2.75) is 13.0 Å². The van der Waals surface area contributed by atoms with Crippen LogP contribution in [0.15, 0.2) is 30.5 Å². The van der Waals surface area contributed by atoms with Crippen LogP contribution in [0.4, 0.5) is 0 Å². The van der Waals surface area contributed by atoms with Crippen LogP contribution in [0.25, 0.3) is 10.9 Å². The third kappa shape index (κ3) is 1.88. The van der Waals surface area contributed by atoms with Gasteiger partial charge in [-0.2, -0.15) is 0 Å². The molecule has 0 saturated carbocycles. The molecule has 3 rings (SSSR count). The molecule has 1 amide bonds. The Morgan fingerprint density at radius 1 is 1.44 bits per heavy atom. The number of fused-ring (bicyclic) bond motifs is 1. The Kier molecular flexibility index (Phi) is 2.80. The number of hydrogen-bond donors (Lipinski definition) is 1. The molecule has 1 aromatic carbocycles. The zero-order chi connectivity index (χ0) is 12.5. The monoisotopic (exact) mass is 244 g/mol. The normalized spacial score (nSPS) is 20.3. The Hall–Kier alpha value is -1.81. The van der Waals surface area contributed by atoms with E-state index in [1.807, 2.05) is 42.3 Å². The van der Waals surface area contributed by atoms with Crippen LogP contribution in [0, 0.1) is 0 Å². The number of aromatic amines is 1. The number of nitrogens with zero attached hydrogens (tertiary/aromatic N) is 1. The average molecular weight is 244 g/mol. The number of hydrogen-bond acceptors (Lipinski definition) is 2. The third-order valence-electron chi connectivity index (χ3n) is 3.43. The van der Waals surface area contributed by atoms with Gasteiger partial charge in [0.1, 0.15) is 0 Å². The van der Waals surface area contributed by atoms with Crippen molar-refractivity contribution in [3.05, 3.63) is 36.0 Å². The fourth-order valence-electron chi connectivity index (χ4n) is 2.38. The van der Waals surface area contributed by atoms with E-state index in [0.717, 1.165) is 16.5 Å². The number of H-pyrrole nitrogens is 1. The van der Waals surface area contributed by atoms with Gasteiger partial charge >= 0.3 is 0 Å². The molecule has 1 aliphatic rings. The van der Waals surface area contributed by atoms with Crippen molar-refractivity contribution in [3.63, 3.8) is 0 Å². The van der Waals surface area contributed by atoms with E-state index in [1.165, 1.54) is 0 Å². The van der Waals surface area contributed by atoms with Crippen LogP contribution in [-0.2, 0) is 4.74 Å². The number of rotatable bonds is 1. The number of ether oxygens (including phenoxy) is 1. The summed E-state index contributed by atoms with van der Waals surface area (Å²) in [6.45, 7) is 3.94. The van der Waals surface area contributed by atoms with E-state index in [9.17, 15) is 4.79 Å². The van der Waals surface area contributed by atoms with Crippen LogP contribution in [0.2, 0.25) is 0 Å². The van der Waals surface area contributed by atoms with Crippen molar-refractivity contribution in [3.8, 4) is 0 Å². The van der Waals surface area contributed by atoms with Crippen LogP contribution < -0.4 is 0 Å². The lowest BCUT2D eigenvalue weighted by atomic mass is 10.1. The molecule has 1 aromatic heterocycles. The van der Waals surface area contributed by atoms with Crippen LogP contribution in [0.1, 0.15) is 17.3 Å². The fourth-order valence-corrected chi connectivity index (χ4v) is 2.38. The first-order chi connectivity index (χ1) is 8.75. The molecule has 2 aromatic rings. The molecule has 1 N–H and O–H groups in total. The summed E-state index contributed by atoms with van der Waals surface area (Å²) in [4.78, 5) is 17.5. The summed E-state index contributed by atoms with van der Waals surface area (Å²) >= 11 is 0. The molecule has 1 atom stereocenters. The fraction of sp³-hybridized carbons (Fsp3) is 0.357. The SMILES string of the molecule is CC1COCCN1C(=O)c1ccc2[nH]ccc2c1. The van der Waals surface area contributed by atoms with Gasteiger partial charge in [-0.15, -0.1) is 0 Å². The zero-order valence-corrected chi connectivity index (χ0v) is 10.3. The van der Waals surface area contributed by atoms with E-state index < -0.39 is 0 Å². The minimum atomic E-state index is 0.0916. The highest BCUT2D eigenvalue weighted by molar-refractivity contribution is 5.98. The van der Waals surface area contributed by atoms with E-state index >= 15 is 0 Å². The maximum absolute atomic E-state index is 12.4. The number of morpholine rings is 1. The molecule has 94 valence electrons. The molecule has 0 bridgehead atoms. The number of amides is 1. The van der Waals surface area contributed by atoms with Gasteiger partial charge in [0.25, 0.3) is 5.91 Å². The quantitative estimate of drug-likeness (QED) is 0.834. The molecular formula is C14H16N2O2. The first-order valence-electron chi connectivity index (χ1n) is 6.21. The third-order valence-corrected chi connectivity index (χ3v) is 3.43. The number of carbonyl (C=O) groups excluding carboxylic acids is 1. The Balaban J connectivity index is 1.90. The smallest absolute Gasteiger partial charge is 0.254 e. The van der Waals surface area contributed by atoms with Crippen molar-refractivity contribution in [1.82, 2.24) is 9.88 Å². The van der Waals surface area contributed by atoms with Gasteiger partial charge in [0, 0.05) is 29.2 Å². The van der Waals surface area contributed by atoms with Gasteiger partial charge < -0.3 is 14.6 Å². The largest absolute Gasteiger partial charge is 0.377 e. The molecule has 1 unspecified atom stereocenters. The minimum absolute atomic E-state index is 0.0916. The van der Waals surface area contributed by atoms with Crippen LogP contribution in [0.3, 0.4) is 0 Å². The molecule has 2 heterocycles.